The maximum absolute atomic E-state index is 11.8. The van der Waals surface area contributed by atoms with Gasteiger partial charge < -0.3 is 5.32 Å². The van der Waals surface area contributed by atoms with E-state index in [4.69, 9.17) is 0 Å². The molecule has 156 valence electrons. The fourth-order valence-electron chi connectivity index (χ4n) is 3.34. The Kier molecular flexibility index (Phi) is 7.18. The minimum absolute atomic E-state index is 0.320. The second-order valence-corrected chi connectivity index (χ2v) is 9.82. The van der Waals surface area contributed by atoms with Crippen molar-refractivity contribution in [2.24, 2.45) is 0 Å². The molecule has 30 heavy (non-hydrogen) atoms. The SMILES string of the molecule is CS(=O)(=O)NC(=O)NCCSC(c1ccccc1)(c1ccccc1)c1ccccc1. The van der Waals surface area contributed by atoms with E-state index in [1.807, 2.05) is 59.3 Å². The second kappa shape index (κ2) is 9.82. The highest BCUT2D eigenvalue weighted by Crippen LogP contribution is 2.48. The Balaban J connectivity index is 1.93. The normalized spacial score (nSPS) is 11.6. The monoisotopic (exact) mass is 440 g/mol. The van der Waals surface area contributed by atoms with Crippen LogP contribution >= 0.6 is 11.8 Å². The van der Waals surface area contributed by atoms with Crippen molar-refractivity contribution in [2.45, 2.75) is 4.75 Å². The molecule has 0 spiro atoms. The predicted octanol–water partition coefficient (Wildman–Crippen LogP) is 3.97. The van der Waals surface area contributed by atoms with E-state index >= 15 is 0 Å². The molecule has 7 heteroatoms. The molecule has 0 atom stereocenters. The van der Waals surface area contributed by atoms with Crippen molar-refractivity contribution in [1.29, 1.82) is 0 Å². The van der Waals surface area contributed by atoms with E-state index < -0.39 is 20.8 Å². The molecule has 2 N–H and O–H groups in total. The van der Waals surface area contributed by atoms with Gasteiger partial charge in [-0.2, -0.15) is 0 Å². The number of hydrogen-bond donors (Lipinski definition) is 2. The highest BCUT2D eigenvalue weighted by molar-refractivity contribution is 8.00. The van der Waals surface area contributed by atoms with Crippen LogP contribution in [0, 0.1) is 0 Å². The van der Waals surface area contributed by atoms with Crippen LogP contribution in [-0.4, -0.2) is 33.0 Å². The van der Waals surface area contributed by atoms with E-state index in [1.54, 1.807) is 11.8 Å². The minimum Gasteiger partial charge on any atom is -0.336 e. The number of nitrogens with one attached hydrogen (secondary N) is 2. The largest absolute Gasteiger partial charge is 0.336 e. The van der Waals surface area contributed by atoms with Crippen LogP contribution in [0.25, 0.3) is 0 Å². The predicted molar refractivity (Wildman–Crippen MR) is 123 cm³/mol. The number of amides is 2. The van der Waals surface area contributed by atoms with Crippen LogP contribution in [0.2, 0.25) is 0 Å². The first-order valence-corrected chi connectivity index (χ1v) is 12.4. The van der Waals surface area contributed by atoms with Crippen molar-refractivity contribution in [3.8, 4) is 0 Å². The smallest absolute Gasteiger partial charge is 0.328 e. The Morgan fingerprint density at radius 1 is 0.800 bits per heavy atom. The number of rotatable bonds is 8. The van der Waals surface area contributed by atoms with Crippen molar-refractivity contribution < 1.29 is 13.2 Å². The summed E-state index contributed by atoms with van der Waals surface area (Å²) < 4.78 is 23.9. The summed E-state index contributed by atoms with van der Waals surface area (Å²) in [4.78, 5) is 11.8. The Morgan fingerprint density at radius 3 is 1.57 bits per heavy atom. The van der Waals surface area contributed by atoms with Crippen molar-refractivity contribution in [3.63, 3.8) is 0 Å². The molecule has 0 saturated heterocycles. The molecule has 3 aromatic rings. The Bertz CT molecular complexity index is 961. The topological polar surface area (TPSA) is 75.3 Å². The fourth-order valence-corrected chi connectivity index (χ4v) is 5.17. The van der Waals surface area contributed by atoms with Gasteiger partial charge in [-0.3, -0.25) is 0 Å². The lowest BCUT2D eigenvalue weighted by molar-refractivity contribution is 0.246. The van der Waals surface area contributed by atoms with Gasteiger partial charge in [0.05, 0.1) is 11.0 Å². The average Bonchev–Trinajstić information content (AvgIpc) is 2.75. The minimum atomic E-state index is -3.59. The molecule has 0 unspecified atom stereocenters. The van der Waals surface area contributed by atoms with Crippen LogP contribution in [0.15, 0.2) is 91.0 Å². The van der Waals surface area contributed by atoms with Crippen LogP contribution in [0.4, 0.5) is 4.79 Å². The second-order valence-electron chi connectivity index (χ2n) is 6.76. The van der Waals surface area contributed by atoms with Crippen LogP contribution in [0.3, 0.4) is 0 Å². The van der Waals surface area contributed by atoms with E-state index in [-0.39, 0.29) is 0 Å². The van der Waals surface area contributed by atoms with Gasteiger partial charge in [0.2, 0.25) is 10.0 Å². The van der Waals surface area contributed by atoms with Gasteiger partial charge in [0, 0.05) is 12.3 Å². The lowest BCUT2D eigenvalue weighted by Gasteiger charge is -2.35. The molecule has 0 aromatic heterocycles. The van der Waals surface area contributed by atoms with Gasteiger partial charge in [0.1, 0.15) is 0 Å². The zero-order valence-corrected chi connectivity index (χ0v) is 18.2. The Labute approximate surface area is 182 Å². The first-order chi connectivity index (χ1) is 14.4. The molecule has 3 rings (SSSR count). The summed E-state index contributed by atoms with van der Waals surface area (Å²) in [6, 6.07) is 30.0. The first kappa shape index (κ1) is 21.9. The van der Waals surface area contributed by atoms with Crippen LogP contribution < -0.4 is 10.0 Å². The summed E-state index contributed by atoms with van der Waals surface area (Å²) in [7, 11) is -3.59. The summed E-state index contributed by atoms with van der Waals surface area (Å²) in [5.74, 6) is 0.579. The Morgan fingerprint density at radius 2 is 1.20 bits per heavy atom. The zero-order valence-electron chi connectivity index (χ0n) is 16.6. The fraction of sp³-hybridized carbons (Fsp3) is 0.174. The van der Waals surface area contributed by atoms with Gasteiger partial charge in [0.15, 0.2) is 0 Å². The molecule has 5 nitrogen and oxygen atoms in total. The molecule has 3 aromatic carbocycles. The summed E-state index contributed by atoms with van der Waals surface area (Å²) in [6.45, 7) is 0.320. The number of thioether (sulfide) groups is 1. The van der Waals surface area contributed by atoms with Crippen molar-refractivity contribution in [1.82, 2.24) is 10.0 Å². The first-order valence-electron chi connectivity index (χ1n) is 9.48. The molecule has 0 aliphatic carbocycles. The van der Waals surface area contributed by atoms with Crippen molar-refractivity contribution in [2.75, 3.05) is 18.6 Å². The van der Waals surface area contributed by atoms with E-state index in [1.165, 1.54) is 0 Å². The third-order valence-corrected chi connectivity index (χ3v) is 6.63. The van der Waals surface area contributed by atoms with Gasteiger partial charge in [0.25, 0.3) is 0 Å². The van der Waals surface area contributed by atoms with Crippen molar-refractivity contribution >= 4 is 27.8 Å². The molecular weight excluding hydrogens is 416 g/mol. The van der Waals surface area contributed by atoms with Crippen LogP contribution in [-0.2, 0) is 14.8 Å². The maximum Gasteiger partial charge on any atom is 0.328 e. The molecule has 2 amide bonds. The van der Waals surface area contributed by atoms with E-state index in [2.05, 4.69) is 41.7 Å². The standard InChI is InChI=1S/C23H24N2O3S2/c1-30(27,28)25-22(26)24-17-18-29-23(19-11-5-2-6-12-19,20-13-7-3-8-14-20)21-15-9-4-10-16-21/h2-16H,17-18H2,1H3,(H2,24,25,26). The number of benzene rings is 3. The molecule has 0 aliphatic rings. The Hall–Kier alpha value is -2.77. The average molecular weight is 441 g/mol. The highest BCUT2D eigenvalue weighted by atomic mass is 32.2. The quantitative estimate of drug-likeness (QED) is 0.411. The van der Waals surface area contributed by atoms with Gasteiger partial charge in [-0.1, -0.05) is 91.0 Å². The van der Waals surface area contributed by atoms with Crippen LogP contribution in [0.1, 0.15) is 16.7 Å². The summed E-state index contributed by atoms with van der Waals surface area (Å²) >= 11 is 1.70. The molecule has 0 bridgehead atoms. The molecule has 0 aliphatic heterocycles. The zero-order chi connectivity index (χ0) is 21.5. The molecule has 0 saturated carbocycles. The van der Waals surface area contributed by atoms with E-state index in [0.717, 1.165) is 22.9 Å². The molecule has 0 fully saturated rings. The maximum atomic E-state index is 11.8. The van der Waals surface area contributed by atoms with Crippen LogP contribution in [0.5, 0.6) is 0 Å². The summed E-state index contributed by atoms with van der Waals surface area (Å²) in [6.07, 6.45) is 0.951. The van der Waals surface area contributed by atoms with Crippen molar-refractivity contribution in [3.05, 3.63) is 108 Å². The molecule has 0 heterocycles. The number of carbonyl (C=O) groups is 1. The van der Waals surface area contributed by atoms with E-state index in [9.17, 15) is 13.2 Å². The summed E-state index contributed by atoms with van der Waals surface area (Å²) in [5, 5.41) is 2.62. The van der Waals surface area contributed by atoms with Gasteiger partial charge in [-0.25, -0.2) is 17.9 Å². The molecular formula is C23H24N2O3S2. The number of carbonyl (C=O) groups excluding carboxylic acids is 1. The lowest BCUT2D eigenvalue weighted by atomic mass is 9.84. The third-order valence-electron chi connectivity index (χ3n) is 4.53. The highest BCUT2D eigenvalue weighted by Gasteiger charge is 2.36. The van der Waals surface area contributed by atoms with Gasteiger partial charge in [-0.05, 0) is 16.7 Å². The third kappa shape index (κ3) is 5.43. The summed E-state index contributed by atoms with van der Waals surface area (Å²) in [5.41, 5.74) is 3.40. The number of sulfonamides is 1. The number of hydrogen-bond acceptors (Lipinski definition) is 4. The van der Waals surface area contributed by atoms with Gasteiger partial charge in [-0.15, -0.1) is 11.8 Å². The van der Waals surface area contributed by atoms with Gasteiger partial charge >= 0.3 is 6.03 Å². The number of urea groups is 1. The lowest BCUT2D eigenvalue weighted by Crippen LogP contribution is -2.40. The molecule has 0 radical (unpaired) electrons. The van der Waals surface area contributed by atoms with E-state index in [0.29, 0.717) is 12.3 Å².